The van der Waals surface area contributed by atoms with Crippen LogP contribution >= 0.6 is 22.9 Å². The summed E-state index contributed by atoms with van der Waals surface area (Å²) in [5.74, 6) is 0.614. The van der Waals surface area contributed by atoms with Crippen LogP contribution in [0.4, 0.5) is 0 Å². The number of amides is 1. The van der Waals surface area contributed by atoms with Crippen LogP contribution < -0.4 is 0 Å². The Balaban J connectivity index is 1.36. The van der Waals surface area contributed by atoms with Crippen LogP contribution in [-0.4, -0.2) is 47.0 Å². The third kappa shape index (κ3) is 3.85. The standard InChI is InChI=1S/C21H22ClN3O2S/c1-14-20(15(2)27-23-14)21(26)25-11-9-24(10-12-25)13-16-7-8-19(28-16)17-5-3-4-6-18(17)22/h3-8H,9-13H2,1-2H3. The van der Waals surface area contributed by atoms with Gasteiger partial charge >= 0.3 is 0 Å². The number of halogens is 1. The molecular formula is C21H22ClN3O2S. The second-order valence-corrected chi connectivity index (χ2v) is 8.59. The summed E-state index contributed by atoms with van der Waals surface area (Å²) in [6.07, 6.45) is 0. The first kappa shape index (κ1) is 19.2. The highest BCUT2D eigenvalue weighted by Crippen LogP contribution is 2.33. The predicted octanol–water partition coefficient (Wildman–Crippen LogP) is 4.63. The van der Waals surface area contributed by atoms with E-state index >= 15 is 0 Å². The van der Waals surface area contributed by atoms with E-state index in [4.69, 9.17) is 16.1 Å². The second-order valence-electron chi connectivity index (χ2n) is 7.01. The summed E-state index contributed by atoms with van der Waals surface area (Å²) in [4.78, 5) is 19.5. The van der Waals surface area contributed by atoms with E-state index in [1.807, 2.05) is 30.0 Å². The maximum Gasteiger partial charge on any atom is 0.259 e. The van der Waals surface area contributed by atoms with Crippen molar-refractivity contribution in [2.75, 3.05) is 26.2 Å². The minimum absolute atomic E-state index is 0.0213. The fourth-order valence-corrected chi connectivity index (χ4v) is 4.93. The first-order valence-electron chi connectivity index (χ1n) is 9.31. The number of nitrogens with zero attached hydrogens (tertiary/aromatic N) is 3. The van der Waals surface area contributed by atoms with Crippen LogP contribution in [0.2, 0.25) is 5.02 Å². The van der Waals surface area contributed by atoms with Crippen LogP contribution in [0.3, 0.4) is 0 Å². The lowest BCUT2D eigenvalue weighted by Gasteiger charge is -2.34. The molecule has 1 aliphatic rings. The largest absolute Gasteiger partial charge is 0.361 e. The number of hydrogen-bond donors (Lipinski definition) is 0. The van der Waals surface area contributed by atoms with Crippen LogP contribution in [0.15, 0.2) is 40.9 Å². The third-order valence-electron chi connectivity index (χ3n) is 5.09. The van der Waals surface area contributed by atoms with Gasteiger partial charge < -0.3 is 9.42 Å². The van der Waals surface area contributed by atoms with E-state index in [0.717, 1.165) is 30.2 Å². The minimum atomic E-state index is 0.0213. The normalized spacial score (nSPS) is 15.2. The summed E-state index contributed by atoms with van der Waals surface area (Å²) in [7, 11) is 0. The van der Waals surface area contributed by atoms with Crippen molar-refractivity contribution in [1.82, 2.24) is 15.0 Å². The smallest absolute Gasteiger partial charge is 0.259 e. The number of aromatic nitrogens is 1. The molecule has 146 valence electrons. The summed E-state index contributed by atoms with van der Waals surface area (Å²) < 4.78 is 5.14. The highest BCUT2D eigenvalue weighted by molar-refractivity contribution is 7.15. The molecule has 0 saturated carbocycles. The summed E-state index contributed by atoms with van der Waals surface area (Å²) in [6.45, 7) is 7.63. The molecule has 3 aromatic rings. The molecule has 7 heteroatoms. The highest BCUT2D eigenvalue weighted by atomic mass is 35.5. The Morgan fingerprint density at radius 2 is 1.89 bits per heavy atom. The zero-order valence-corrected chi connectivity index (χ0v) is 17.5. The van der Waals surface area contributed by atoms with Crippen LogP contribution in [0.5, 0.6) is 0 Å². The number of hydrogen-bond acceptors (Lipinski definition) is 5. The van der Waals surface area contributed by atoms with Crippen molar-refractivity contribution < 1.29 is 9.32 Å². The molecule has 5 nitrogen and oxygen atoms in total. The highest BCUT2D eigenvalue weighted by Gasteiger charge is 2.26. The molecule has 1 fully saturated rings. The lowest BCUT2D eigenvalue weighted by Crippen LogP contribution is -2.48. The molecule has 1 saturated heterocycles. The molecule has 4 rings (SSSR count). The predicted molar refractivity (Wildman–Crippen MR) is 112 cm³/mol. The van der Waals surface area contributed by atoms with Crippen molar-refractivity contribution in [1.29, 1.82) is 0 Å². The van der Waals surface area contributed by atoms with E-state index in [2.05, 4.69) is 28.3 Å². The van der Waals surface area contributed by atoms with Gasteiger partial charge in [-0.1, -0.05) is 35.0 Å². The van der Waals surface area contributed by atoms with Gasteiger partial charge in [-0.25, -0.2) is 0 Å². The zero-order valence-electron chi connectivity index (χ0n) is 15.9. The SMILES string of the molecule is Cc1noc(C)c1C(=O)N1CCN(Cc2ccc(-c3ccccc3Cl)s2)CC1. The Labute approximate surface area is 173 Å². The van der Waals surface area contributed by atoms with Crippen LogP contribution in [0, 0.1) is 13.8 Å². The van der Waals surface area contributed by atoms with E-state index in [9.17, 15) is 4.79 Å². The Morgan fingerprint density at radius 3 is 2.57 bits per heavy atom. The fourth-order valence-electron chi connectivity index (χ4n) is 3.54. The topological polar surface area (TPSA) is 49.6 Å². The molecule has 28 heavy (non-hydrogen) atoms. The Bertz CT molecular complexity index is 970. The van der Waals surface area contributed by atoms with Gasteiger partial charge in [0.2, 0.25) is 0 Å². The van der Waals surface area contributed by atoms with Gasteiger partial charge in [0.1, 0.15) is 11.3 Å². The number of carbonyl (C=O) groups excluding carboxylic acids is 1. The lowest BCUT2D eigenvalue weighted by atomic mass is 10.1. The average Bonchev–Trinajstić information content (AvgIpc) is 3.28. The van der Waals surface area contributed by atoms with E-state index in [1.54, 1.807) is 18.3 Å². The van der Waals surface area contributed by atoms with Gasteiger partial charge in [0.05, 0.1) is 5.69 Å². The first-order valence-corrected chi connectivity index (χ1v) is 10.5. The van der Waals surface area contributed by atoms with Gasteiger partial charge in [0.15, 0.2) is 0 Å². The van der Waals surface area contributed by atoms with Gasteiger partial charge in [-0.05, 0) is 32.0 Å². The third-order valence-corrected chi connectivity index (χ3v) is 6.52. The summed E-state index contributed by atoms with van der Waals surface area (Å²) in [6, 6.07) is 12.2. The van der Waals surface area contributed by atoms with Crippen molar-refractivity contribution in [3.05, 3.63) is 63.3 Å². The molecule has 0 spiro atoms. The molecule has 1 amide bonds. The van der Waals surface area contributed by atoms with E-state index < -0.39 is 0 Å². The molecule has 0 bridgehead atoms. The number of rotatable bonds is 4. The Kier molecular flexibility index (Phi) is 5.53. The van der Waals surface area contributed by atoms with Crippen LogP contribution in [0.25, 0.3) is 10.4 Å². The Hall–Kier alpha value is -2.15. The monoisotopic (exact) mass is 415 g/mol. The summed E-state index contributed by atoms with van der Waals surface area (Å²) >= 11 is 8.09. The van der Waals surface area contributed by atoms with Crippen LogP contribution in [0.1, 0.15) is 26.7 Å². The summed E-state index contributed by atoms with van der Waals surface area (Å²) in [5, 5.41) is 4.68. The quantitative estimate of drug-likeness (QED) is 0.623. The minimum Gasteiger partial charge on any atom is -0.361 e. The number of carbonyl (C=O) groups is 1. The first-order chi connectivity index (χ1) is 13.5. The maximum atomic E-state index is 12.8. The van der Waals surface area contributed by atoms with Crippen molar-refractivity contribution in [2.24, 2.45) is 0 Å². The van der Waals surface area contributed by atoms with Gasteiger partial charge in [-0.2, -0.15) is 0 Å². The second kappa shape index (κ2) is 8.07. The van der Waals surface area contributed by atoms with Crippen molar-refractivity contribution in [2.45, 2.75) is 20.4 Å². The van der Waals surface area contributed by atoms with Crippen molar-refractivity contribution in [3.8, 4) is 10.4 Å². The van der Waals surface area contributed by atoms with Gasteiger partial charge in [0, 0.05) is 53.1 Å². The molecule has 3 heterocycles. The molecule has 0 atom stereocenters. The van der Waals surface area contributed by atoms with E-state index in [1.165, 1.54) is 9.75 Å². The fraction of sp³-hybridized carbons (Fsp3) is 0.333. The lowest BCUT2D eigenvalue weighted by molar-refractivity contribution is 0.0627. The van der Waals surface area contributed by atoms with Gasteiger partial charge in [-0.3, -0.25) is 9.69 Å². The average molecular weight is 416 g/mol. The molecule has 0 N–H and O–H groups in total. The van der Waals surface area contributed by atoms with Crippen molar-refractivity contribution >= 4 is 28.8 Å². The van der Waals surface area contributed by atoms with Gasteiger partial charge in [-0.15, -0.1) is 11.3 Å². The maximum absolute atomic E-state index is 12.8. The molecule has 0 unspecified atom stereocenters. The molecular weight excluding hydrogens is 394 g/mol. The molecule has 0 aliphatic carbocycles. The molecule has 1 aromatic carbocycles. The Morgan fingerprint density at radius 1 is 1.14 bits per heavy atom. The molecule has 0 radical (unpaired) electrons. The zero-order chi connectivity index (χ0) is 19.7. The van der Waals surface area contributed by atoms with E-state index in [0.29, 0.717) is 30.1 Å². The number of thiophene rings is 1. The number of benzene rings is 1. The number of piperazine rings is 1. The van der Waals surface area contributed by atoms with Gasteiger partial charge in [0.25, 0.3) is 5.91 Å². The number of aryl methyl sites for hydroxylation is 2. The molecule has 1 aliphatic heterocycles. The van der Waals surface area contributed by atoms with Crippen molar-refractivity contribution in [3.63, 3.8) is 0 Å². The van der Waals surface area contributed by atoms with Crippen LogP contribution in [-0.2, 0) is 6.54 Å². The summed E-state index contributed by atoms with van der Waals surface area (Å²) in [5.41, 5.74) is 2.35. The van der Waals surface area contributed by atoms with E-state index in [-0.39, 0.29) is 5.91 Å². The molecule has 2 aromatic heterocycles.